The fourth-order valence-electron chi connectivity index (χ4n) is 2.11. The molecule has 15 heavy (non-hydrogen) atoms. The number of fused-ring (bicyclic) bond motifs is 1. The van der Waals surface area contributed by atoms with E-state index in [4.69, 9.17) is 0 Å². The van der Waals surface area contributed by atoms with Crippen molar-refractivity contribution in [2.75, 3.05) is 6.54 Å². The van der Waals surface area contributed by atoms with Crippen LogP contribution in [0.4, 0.5) is 0 Å². The van der Waals surface area contributed by atoms with Crippen molar-refractivity contribution in [3.63, 3.8) is 0 Å². The second-order valence-electron chi connectivity index (χ2n) is 3.88. The lowest BCUT2D eigenvalue weighted by Gasteiger charge is -2.23. The highest BCUT2D eigenvalue weighted by molar-refractivity contribution is 7.12. The lowest BCUT2D eigenvalue weighted by molar-refractivity contribution is 0.582. The second-order valence-corrected chi connectivity index (χ2v) is 6.20. The maximum atomic E-state index is 3.61. The molecule has 0 aromatic carbocycles. The van der Waals surface area contributed by atoms with Crippen LogP contribution in [0, 0.1) is 6.92 Å². The van der Waals surface area contributed by atoms with Crippen molar-refractivity contribution in [1.29, 1.82) is 0 Å². The summed E-state index contributed by atoms with van der Waals surface area (Å²) in [6.07, 6.45) is 1.19. The summed E-state index contributed by atoms with van der Waals surface area (Å²) in [4.78, 5) is 4.41. The van der Waals surface area contributed by atoms with E-state index in [0.29, 0.717) is 6.04 Å². The van der Waals surface area contributed by atoms with Crippen LogP contribution >= 0.6 is 22.7 Å². The topological polar surface area (TPSA) is 12.0 Å². The van der Waals surface area contributed by atoms with Crippen LogP contribution < -0.4 is 5.32 Å². The van der Waals surface area contributed by atoms with Gasteiger partial charge in [-0.05, 0) is 42.5 Å². The van der Waals surface area contributed by atoms with Crippen LogP contribution in [0.2, 0.25) is 0 Å². The average molecular weight is 235 g/mol. The van der Waals surface area contributed by atoms with E-state index in [1.54, 1.807) is 4.88 Å². The summed E-state index contributed by atoms with van der Waals surface area (Å²) >= 11 is 3.80. The molecule has 3 heteroatoms. The van der Waals surface area contributed by atoms with Crippen LogP contribution in [-0.2, 0) is 6.42 Å². The molecule has 78 valence electrons. The van der Waals surface area contributed by atoms with E-state index in [2.05, 4.69) is 35.8 Å². The fourth-order valence-corrected chi connectivity index (χ4v) is 4.01. The summed E-state index contributed by atoms with van der Waals surface area (Å²) in [5, 5.41) is 5.82. The number of nitrogens with one attached hydrogen (secondary N) is 1. The molecule has 1 aliphatic heterocycles. The quantitative estimate of drug-likeness (QED) is 0.799. The summed E-state index contributed by atoms with van der Waals surface area (Å²) in [7, 11) is 0. The van der Waals surface area contributed by atoms with Gasteiger partial charge in [-0.25, -0.2) is 0 Å². The molecule has 1 aliphatic rings. The smallest absolute Gasteiger partial charge is 0.0682 e. The van der Waals surface area contributed by atoms with Crippen LogP contribution in [0.3, 0.4) is 0 Å². The molecular weight excluding hydrogens is 222 g/mol. The predicted octanol–water partition coefficient (Wildman–Crippen LogP) is 3.35. The molecule has 2 aromatic rings. The van der Waals surface area contributed by atoms with Crippen molar-refractivity contribution in [3.05, 3.63) is 43.8 Å². The fraction of sp³-hybridized carbons (Fsp3) is 0.333. The first kappa shape index (κ1) is 9.58. The Hall–Kier alpha value is -0.640. The number of rotatable bonds is 1. The van der Waals surface area contributed by atoms with E-state index in [-0.39, 0.29) is 0 Å². The Bertz CT molecular complexity index is 469. The molecule has 0 amide bonds. The van der Waals surface area contributed by atoms with E-state index in [1.165, 1.54) is 21.7 Å². The third-order valence-corrected chi connectivity index (χ3v) is 4.90. The normalized spacial score (nSPS) is 20.2. The van der Waals surface area contributed by atoms with Crippen LogP contribution in [-0.4, -0.2) is 6.54 Å². The molecule has 0 aliphatic carbocycles. The minimum atomic E-state index is 0.443. The maximum Gasteiger partial charge on any atom is 0.0682 e. The second kappa shape index (κ2) is 3.74. The summed E-state index contributed by atoms with van der Waals surface area (Å²) in [6, 6.07) is 7.18. The Morgan fingerprint density at radius 3 is 3.07 bits per heavy atom. The molecule has 0 spiro atoms. The maximum absolute atomic E-state index is 3.61. The molecule has 1 atom stereocenters. The zero-order chi connectivity index (χ0) is 10.3. The lowest BCUT2D eigenvalue weighted by atomic mass is 10.0. The summed E-state index contributed by atoms with van der Waals surface area (Å²) in [6.45, 7) is 3.28. The Balaban J connectivity index is 2.02. The number of thiophene rings is 2. The highest BCUT2D eigenvalue weighted by Crippen LogP contribution is 2.34. The first-order valence-corrected chi connectivity index (χ1v) is 6.90. The molecule has 1 nitrogen and oxygen atoms in total. The van der Waals surface area contributed by atoms with Gasteiger partial charge in [0.25, 0.3) is 0 Å². The number of aryl methyl sites for hydroxylation is 1. The summed E-state index contributed by atoms with van der Waals surface area (Å²) < 4.78 is 0. The third kappa shape index (κ3) is 1.65. The summed E-state index contributed by atoms with van der Waals surface area (Å²) in [5.41, 5.74) is 1.49. The third-order valence-electron chi connectivity index (χ3n) is 2.84. The lowest BCUT2D eigenvalue weighted by Crippen LogP contribution is -2.28. The molecule has 1 N–H and O–H groups in total. The van der Waals surface area contributed by atoms with Crippen molar-refractivity contribution in [2.45, 2.75) is 19.4 Å². The molecule has 0 saturated carbocycles. The van der Waals surface area contributed by atoms with E-state index >= 15 is 0 Å². The van der Waals surface area contributed by atoms with Gasteiger partial charge < -0.3 is 5.32 Å². The average Bonchev–Trinajstić information content (AvgIpc) is 2.84. The van der Waals surface area contributed by atoms with E-state index in [0.717, 1.165) is 6.54 Å². The van der Waals surface area contributed by atoms with Gasteiger partial charge in [-0.1, -0.05) is 0 Å². The Kier molecular flexibility index (Phi) is 2.39. The van der Waals surface area contributed by atoms with Crippen LogP contribution in [0.25, 0.3) is 0 Å². The zero-order valence-electron chi connectivity index (χ0n) is 8.62. The van der Waals surface area contributed by atoms with Gasteiger partial charge in [-0.3, -0.25) is 0 Å². The first-order chi connectivity index (χ1) is 7.34. The van der Waals surface area contributed by atoms with Crippen molar-refractivity contribution >= 4 is 22.7 Å². The van der Waals surface area contributed by atoms with Crippen molar-refractivity contribution in [3.8, 4) is 0 Å². The standard InChI is InChI=1S/C12H13NS2/c1-8-2-3-11(15-8)12-9-5-7-14-10(9)4-6-13-12/h2-3,5,7,12-13H,4,6H2,1H3. The van der Waals surface area contributed by atoms with E-state index < -0.39 is 0 Å². The minimum absolute atomic E-state index is 0.443. The molecular formula is C12H13NS2. The monoisotopic (exact) mass is 235 g/mol. The van der Waals surface area contributed by atoms with Crippen LogP contribution in [0.1, 0.15) is 26.2 Å². The van der Waals surface area contributed by atoms with Gasteiger partial charge in [0.1, 0.15) is 0 Å². The molecule has 2 aromatic heterocycles. The number of hydrogen-bond donors (Lipinski definition) is 1. The van der Waals surface area contributed by atoms with Crippen molar-refractivity contribution < 1.29 is 0 Å². The molecule has 0 fully saturated rings. The van der Waals surface area contributed by atoms with Gasteiger partial charge in [-0.2, -0.15) is 0 Å². The van der Waals surface area contributed by atoms with Gasteiger partial charge in [-0.15, -0.1) is 22.7 Å². The Morgan fingerprint density at radius 1 is 1.33 bits per heavy atom. The minimum Gasteiger partial charge on any atom is -0.305 e. The van der Waals surface area contributed by atoms with E-state index in [9.17, 15) is 0 Å². The summed E-state index contributed by atoms with van der Waals surface area (Å²) in [5.74, 6) is 0. The van der Waals surface area contributed by atoms with Gasteiger partial charge in [0, 0.05) is 21.2 Å². The van der Waals surface area contributed by atoms with Gasteiger partial charge in [0.15, 0.2) is 0 Å². The molecule has 0 radical (unpaired) electrons. The zero-order valence-corrected chi connectivity index (χ0v) is 10.3. The molecule has 0 saturated heterocycles. The van der Waals surface area contributed by atoms with E-state index in [1.807, 2.05) is 22.7 Å². The largest absolute Gasteiger partial charge is 0.305 e. The SMILES string of the molecule is Cc1ccc(C2NCCc3sccc32)s1. The molecule has 0 bridgehead atoms. The highest BCUT2D eigenvalue weighted by atomic mass is 32.1. The van der Waals surface area contributed by atoms with Crippen molar-refractivity contribution in [2.24, 2.45) is 0 Å². The first-order valence-electron chi connectivity index (χ1n) is 5.20. The van der Waals surface area contributed by atoms with Gasteiger partial charge >= 0.3 is 0 Å². The Labute approximate surface area is 97.8 Å². The van der Waals surface area contributed by atoms with Crippen LogP contribution in [0.15, 0.2) is 23.6 Å². The molecule has 1 unspecified atom stereocenters. The highest BCUT2D eigenvalue weighted by Gasteiger charge is 2.22. The number of hydrogen-bond acceptors (Lipinski definition) is 3. The molecule has 3 rings (SSSR count). The Morgan fingerprint density at radius 2 is 2.27 bits per heavy atom. The van der Waals surface area contributed by atoms with Gasteiger partial charge in [0.2, 0.25) is 0 Å². The van der Waals surface area contributed by atoms with Gasteiger partial charge in [0.05, 0.1) is 6.04 Å². The van der Waals surface area contributed by atoms with Crippen LogP contribution in [0.5, 0.6) is 0 Å². The predicted molar refractivity (Wildman–Crippen MR) is 66.9 cm³/mol. The van der Waals surface area contributed by atoms with Crippen molar-refractivity contribution in [1.82, 2.24) is 5.32 Å². The molecule has 3 heterocycles.